The minimum atomic E-state index is -0.245. The number of likely N-dealkylation sites (N-methyl/N-ethyl adjacent to an activating group) is 1. The fraction of sp³-hybridized carbons (Fsp3) is 0.375. The predicted molar refractivity (Wildman–Crippen MR) is 78.5 cm³/mol. The van der Waals surface area contributed by atoms with Crippen molar-refractivity contribution in [2.45, 2.75) is 18.9 Å². The van der Waals surface area contributed by atoms with E-state index in [0.29, 0.717) is 30.5 Å². The smallest absolute Gasteiger partial charge is 0.252 e. The normalized spacial score (nSPS) is 17.9. The van der Waals surface area contributed by atoms with Crippen molar-refractivity contribution in [3.63, 3.8) is 0 Å². The zero-order valence-corrected chi connectivity index (χ0v) is 11.9. The van der Waals surface area contributed by atoms with Gasteiger partial charge in [-0.1, -0.05) is 24.0 Å². The van der Waals surface area contributed by atoms with Gasteiger partial charge in [-0.05, 0) is 18.6 Å². The van der Waals surface area contributed by atoms with Gasteiger partial charge in [-0.2, -0.15) is 0 Å². The molecule has 1 fully saturated rings. The Labute approximate surface area is 124 Å². The molecular formula is C16H18N2O3. The first-order valence-corrected chi connectivity index (χ1v) is 6.85. The Morgan fingerprint density at radius 2 is 2.24 bits per heavy atom. The molecule has 110 valence electrons. The van der Waals surface area contributed by atoms with Crippen LogP contribution < -0.4 is 5.32 Å². The minimum absolute atomic E-state index is 0.0425. The summed E-state index contributed by atoms with van der Waals surface area (Å²) < 4.78 is 0. The van der Waals surface area contributed by atoms with Crippen LogP contribution in [0.25, 0.3) is 0 Å². The highest BCUT2D eigenvalue weighted by atomic mass is 16.2. The van der Waals surface area contributed by atoms with E-state index in [1.54, 1.807) is 36.2 Å². The Kier molecular flexibility index (Phi) is 4.96. The highest BCUT2D eigenvalue weighted by molar-refractivity contribution is 5.97. The molecule has 1 aromatic rings. The Morgan fingerprint density at radius 1 is 1.48 bits per heavy atom. The van der Waals surface area contributed by atoms with Gasteiger partial charge in [0.2, 0.25) is 5.91 Å². The fourth-order valence-electron chi connectivity index (χ4n) is 2.32. The first kappa shape index (κ1) is 15.1. The highest BCUT2D eigenvalue weighted by Crippen LogP contribution is 2.12. The third-order valence-corrected chi connectivity index (χ3v) is 3.44. The molecular weight excluding hydrogens is 268 g/mol. The third-order valence-electron chi connectivity index (χ3n) is 3.44. The van der Waals surface area contributed by atoms with Crippen LogP contribution in [0.2, 0.25) is 0 Å². The molecule has 1 heterocycles. The lowest BCUT2D eigenvalue weighted by Gasteiger charge is -2.30. The predicted octanol–water partition coefficient (Wildman–Crippen LogP) is 0.381. The number of piperidine rings is 1. The van der Waals surface area contributed by atoms with E-state index >= 15 is 0 Å². The van der Waals surface area contributed by atoms with Crippen molar-refractivity contribution in [2.75, 3.05) is 20.2 Å². The molecule has 2 amide bonds. The number of benzene rings is 1. The Hall–Kier alpha value is -2.32. The maximum Gasteiger partial charge on any atom is 0.252 e. The average Bonchev–Trinajstić information content (AvgIpc) is 2.49. The number of hydrogen-bond acceptors (Lipinski definition) is 3. The molecule has 1 atom stereocenters. The van der Waals surface area contributed by atoms with Crippen LogP contribution in [0.5, 0.6) is 0 Å². The molecule has 0 aromatic heterocycles. The molecule has 1 aromatic carbocycles. The van der Waals surface area contributed by atoms with E-state index < -0.39 is 0 Å². The monoisotopic (exact) mass is 286 g/mol. The highest BCUT2D eigenvalue weighted by Gasteiger charge is 2.24. The summed E-state index contributed by atoms with van der Waals surface area (Å²) in [4.78, 5) is 25.4. The van der Waals surface area contributed by atoms with Gasteiger partial charge in [0, 0.05) is 31.6 Å². The SMILES string of the molecule is CN1CC(NC(=O)c2ccccc2C#CCO)CCC1=O. The lowest BCUT2D eigenvalue weighted by atomic mass is 10.0. The van der Waals surface area contributed by atoms with E-state index in [9.17, 15) is 9.59 Å². The first-order valence-electron chi connectivity index (χ1n) is 6.85. The molecule has 0 saturated carbocycles. The van der Waals surface area contributed by atoms with Gasteiger partial charge < -0.3 is 15.3 Å². The van der Waals surface area contributed by atoms with Gasteiger partial charge >= 0.3 is 0 Å². The lowest BCUT2D eigenvalue weighted by Crippen LogP contribution is -2.48. The number of nitrogens with one attached hydrogen (secondary N) is 1. The van der Waals surface area contributed by atoms with Crippen molar-refractivity contribution in [1.82, 2.24) is 10.2 Å². The summed E-state index contributed by atoms with van der Waals surface area (Å²) in [5.74, 6) is 5.22. The third kappa shape index (κ3) is 3.83. The summed E-state index contributed by atoms with van der Waals surface area (Å²) in [6, 6.07) is 6.97. The molecule has 2 rings (SSSR count). The molecule has 5 nitrogen and oxygen atoms in total. The molecule has 0 radical (unpaired) electrons. The minimum Gasteiger partial charge on any atom is -0.384 e. The molecule has 1 aliphatic rings. The maximum absolute atomic E-state index is 12.3. The molecule has 5 heteroatoms. The number of carbonyl (C=O) groups excluding carboxylic acids is 2. The van der Waals surface area contributed by atoms with E-state index in [1.165, 1.54) is 0 Å². The molecule has 0 spiro atoms. The zero-order chi connectivity index (χ0) is 15.2. The van der Waals surface area contributed by atoms with Crippen molar-refractivity contribution in [3.05, 3.63) is 35.4 Å². The quantitative estimate of drug-likeness (QED) is 0.772. The van der Waals surface area contributed by atoms with Gasteiger partial charge in [-0.25, -0.2) is 0 Å². The standard InChI is InChI=1S/C16H18N2O3/c1-18-11-13(8-9-15(18)20)17-16(21)14-7-3-2-5-12(14)6-4-10-19/h2-3,5,7,13,19H,8-11H2,1H3,(H,17,21). The van der Waals surface area contributed by atoms with E-state index in [1.807, 2.05) is 0 Å². The second-order valence-corrected chi connectivity index (χ2v) is 4.99. The molecule has 1 unspecified atom stereocenters. The van der Waals surface area contributed by atoms with Crippen LogP contribution in [-0.2, 0) is 4.79 Å². The zero-order valence-electron chi connectivity index (χ0n) is 11.9. The Balaban J connectivity index is 2.09. The topological polar surface area (TPSA) is 69.6 Å². The van der Waals surface area contributed by atoms with Crippen LogP contribution >= 0.6 is 0 Å². The van der Waals surface area contributed by atoms with Gasteiger partial charge in [-0.15, -0.1) is 0 Å². The van der Waals surface area contributed by atoms with Gasteiger partial charge in [0.15, 0.2) is 0 Å². The summed E-state index contributed by atoms with van der Waals surface area (Å²) in [5.41, 5.74) is 1.07. The molecule has 0 bridgehead atoms. The van der Waals surface area contributed by atoms with Gasteiger partial charge in [-0.3, -0.25) is 9.59 Å². The average molecular weight is 286 g/mol. The second kappa shape index (κ2) is 6.91. The number of carbonyl (C=O) groups is 2. The molecule has 0 aliphatic carbocycles. The lowest BCUT2D eigenvalue weighted by molar-refractivity contribution is -0.132. The first-order chi connectivity index (χ1) is 10.1. The fourth-order valence-corrected chi connectivity index (χ4v) is 2.32. The largest absolute Gasteiger partial charge is 0.384 e. The number of aliphatic hydroxyl groups excluding tert-OH is 1. The van der Waals surface area contributed by atoms with Crippen LogP contribution in [0.1, 0.15) is 28.8 Å². The van der Waals surface area contributed by atoms with E-state index in [-0.39, 0.29) is 24.5 Å². The summed E-state index contributed by atoms with van der Waals surface area (Å²) in [6.45, 7) is 0.278. The number of hydrogen-bond donors (Lipinski definition) is 2. The van der Waals surface area contributed by atoms with Gasteiger partial charge in [0.1, 0.15) is 6.61 Å². The van der Waals surface area contributed by atoms with Crippen LogP contribution in [0.3, 0.4) is 0 Å². The van der Waals surface area contributed by atoms with Crippen LogP contribution in [-0.4, -0.2) is 48.1 Å². The molecule has 1 saturated heterocycles. The van der Waals surface area contributed by atoms with Gasteiger partial charge in [0.05, 0.1) is 5.56 Å². The number of rotatable bonds is 2. The molecule has 1 aliphatic heterocycles. The van der Waals surface area contributed by atoms with Crippen LogP contribution in [0, 0.1) is 11.8 Å². The number of amides is 2. The van der Waals surface area contributed by atoms with E-state index in [2.05, 4.69) is 17.2 Å². The van der Waals surface area contributed by atoms with Gasteiger partial charge in [0.25, 0.3) is 5.91 Å². The van der Waals surface area contributed by atoms with E-state index in [0.717, 1.165) is 0 Å². The second-order valence-electron chi connectivity index (χ2n) is 4.99. The molecule has 2 N–H and O–H groups in total. The van der Waals surface area contributed by atoms with Crippen molar-refractivity contribution < 1.29 is 14.7 Å². The number of nitrogens with zero attached hydrogens (tertiary/aromatic N) is 1. The summed E-state index contributed by atoms with van der Waals surface area (Å²) in [5, 5.41) is 11.7. The van der Waals surface area contributed by atoms with Crippen molar-refractivity contribution in [1.29, 1.82) is 0 Å². The van der Waals surface area contributed by atoms with E-state index in [4.69, 9.17) is 5.11 Å². The Bertz CT molecular complexity index is 601. The number of likely N-dealkylation sites (tertiary alicyclic amines) is 1. The molecule has 21 heavy (non-hydrogen) atoms. The summed E-state index contributed by atoms with van der Waals surface area (Å²) in [6.07, 6.45) is 1.10. The van der Waals surface area contributed by atoms with Crippen molar-refractivity contribution >= 4 is 11.8 Å². The summed E-state index contributed by atoms with van der Waals surface area (Å²) >= 11 is 0. The maximum atomic E-state index is 12.3. The van der Waals surface area contributed by atoms with Crippen LogP contribution in [0.4, 0.5) is 0 Å². The number of aliphatic hydroxyl groups is 1. The van der Waals surface area contributed by atoms with Crippen molar-refractivity contribution in [2.24, 2.45) is 0 Å². The van der Waals surface area contributed by atoms with Crippen LogP contribution in [0.15, 0.2) is 24.3 Å². The summed E-state index contributed by atoms with van der Waals surface area (Å²) in [7, 11) is 1.74. The van der Waals surface area contributed by atoms with Crippen molar-refractivity contribution in [3.8, 4) is 11.8 Å². The Morgan fingerprint density at radius 3 is 2.95 bits per heavy atom.